The van der Waals surface area contributed by atoms with Crippen LogP contribution < -0.4 is 10.2 Å². The van der Waals surface area contributed by atoms with Crippen molar-refractivity contribution in [2.45, 2.75) is 37.9 Å². The van der Waals surface area contributed by atoms with Crippen LogP contribution >= 0.6 is 0 Å². The molecule has 42 heavy (non-hydrogen) atoms. The Bertz CT molecular complexity index is 1410. The predicted octanol–water partition coefficient (Wildman–Crippen LogP) is 3.36. The van der Waals surface area contributed by atoms with Gasteiger partial charge in [0, 0.05) is 5.97 Å². The van der Waals surface area contributed by atoms with E-state index in [1.54, 1.807) is 0 Å². The van der Waals surface area contributed by atoms with Crippen LogP contribution in [0, 0.1) is 0 Å². The Balaban J connectivity index is 1.57. The van der Waals surface area contributed by atoms with Crippen molar-refractivity contribution in [2.24, 2.45) is 0 Å². The quantitative estimate of drug-likeness (QED) is 0.226. The maximum Gasteiger partial charge on any atom is 0.338 e. The fraction of sp³-hybridized carbons (Fsp3) is 0.176. The van der Waals surface area contributed by atoms with Gasteiger partial charge in [-0.1, -0.05) is 84.9 Å². The topological polar surface area (TPSA) is 133 Å². The van der Waals surface area contributed by atoms with Crippen molar-refractivity contribution in [2.75, 3.05) is 0 Å². The van der Waals surface area contributed by atoms with Gasteiger partial charge in [-0.05, 0) is 65.8 Å². The van der Waals surface area contributed by atoms with Crippen LogP contribution in [-0.4, -0.2) is 23.9 Å². The molecule has 0 amide bonds. The highest BCUT2D eigenvalue weighted by Gasteiger charge is 2.36. The third kappa shape index (κ3) is 7.28. The van der Waals surface area contributed by atoms with Crippen molar-refractivity contribution in [1.82, 2.24) is 0 Å². The third-order valence-corrected chi connectivity index (χ3v) is 6.93. The molecule has 0 unspecified atom stereocenters. The molecule has 8 nitrogen and oxygen atoms in total. The summed E-state index contributed by atoms with van der Waals surface area (Å²) in [6.07, 6.45) is -0.500. The van der Waals surface area contributed by atoms with Crippen LogP contribution in [0.3, 0.4) is 0 Å². The fourth-order valence-electron chi connectivity index (χ4n) is 4.69. The molecule has 0 heterocycles. The summed E-state index contributed by atoms with van der Waals surface area (Å²) < 4.78 is 10.7. The fourth-order valence-corrected chi connectivity index (χ4v) is 4.69. The van der Waals surface area contributed by atoms with E-state index in [1.807, 2.05) is 60.7 Å². The molecule has 0 aromatic heterocycles. The minimum Gasteiger partial charge on any atom is -0.550 e. The summed E-state index contributed by atoms with van der Waals surface area (Å²) >= 11 is 0. The lowest BCUT2D eigenvalue weighted by molar-refractivity contribution is -0.313. The SMILES string of the molecule is O=C([O-])CCCC(C(=O)[O-])(c1ccc(C(=O)OCc2ccccc2)cc1)c1ccc(C(=O)OCc2ccccc2)cc1. The Hall–Kier alpha value is -5.24. The number of benzene rings is 4. The van der Waals surface area contributed by atoms with Gasteiger partial charge in [-0.3, -0.25) is 0 Å². The van der Waals surface area contributed by atoms with E-state index >= 15 is 0 Å². The molecule has 0 atom stereocenters. The van der Waals surface area contributed by atoms with Gasteiger partial charge in [0.2, 0.25) is 0 Å². The van der Waals surface area contributed by atoms with Gasteiger partial charge in [0.1, 0.15) is 13.2 Å². The van der Waals surface area contributed by atoms with Crippen molar-refractivity contribution in [3.05, 3.63) is 143 Å². The van der Waals surface area contributed by atoms with Crippen molar-refractivity contribution in [1.29, 1.82) is 0 Å². The monoisotopic (exact) mass is 564 g/mol. The molecule has 0 saturated carbocycles. The van der Waals surface area contributed by atoms with Gasteiger partial charge in [0.15, 0.2) is 0 Å². The van der Waals surface area contributed by atoms with E-state index in [0.717, 1.165) is 11.1 Å². The highest BCUT2D eigenvalue weighted by Crippen LogP contribution is 2.37. The second-order valence-electron chi connectivity index (χ2n) is 9.70. The van der Waals surface area contributed by atoms with Gasteiger partial charge in [-0.2, -0.15) is 0 Å². The maximum atomic E-state index is 12.8. The average molecular weight is 565 g/mol. The second-order valence-corrected chi connectivity index (χ2v) is 9.70. The summed E-state index contributed by atoms with van der Waals surface area (Å²) in [5, 5.41) is 23.9. The normalized spacial score (nSPS) is 11.0. The minimum absolute atomic E-state index is 0.0158. The second kappa shape index (κ2) is 13.9. The van der Waals surface area contributed by atoms with E-state index in [0.29, 0.717) is 0 Å². The standard InChI is InChI=1S/C34H30O8/c35-30(36)12-7-21-34(33(39)40,28-17-13-26(14-18-28)31(37)41-22-24-8-3-1-4-9-24)29-19-15-27(16-20-29)32(38)42-23-25-10-5-2-6-11-25/h1-6,8-11,13-20H,7,12,21-23H2,(H,35,36)(H,39,40)/p-2. The van der Waals surface area contributed by atoms with E-state index in [-0.39, 0.29) is 54.7 Å². The Morgan fingerprint density at radius 3 is 1.33 bits per heavy atom. The van der Waals surface area contributed by atoms with E-state index in [2.05, 4.69) is 0 Å². The molecule has 4 rings (SSSR count). The first-order valence-corrected chi connectivity index (χ1v) is 13.3. The number of hydrogen-bond donors (Lipinski definition) is 0. The highest BCUT2D eigenvalue weighted by molar-refractivity contribution is 5.91. The first-order chi connectivity index (χ1) is 20.3. The number of carboxylic acids is 2. The number of carboxylic acid groups (broad SMARTS) is 2. The summed E-state index contributed by atoms with van der Waals surface area (Å²) in [4.78, 5) is 49.1. The molecule has 0 bridgehead atoms. The lowest BCUT2D eigenvalue weighted by Crippen LogP contribution is -2.47. The van der Waals surface area contributed by atoms with Gasteiger partial charge in [-0.15, -0.1) is 0 Å². The van der Waals surface area contributed by atoms with Gasteiger partial charge < -0.3 is 29.3 Å². The third-order valence-electron chi connectivity index (χ3n) is 6.93. The van der Waals surface area contributed by atoms with E-state index in [4.69, 9.17) is 9.47 Å². The van der Waals surface area contributed by atoms with Gasteiger partial charge in [0.05, 0.1) is 22.5 Å². The Labute approximate surface area is 243 Å². The predicted molar refractivity (Wildman–Crippen MR) is 149 cm³/mol. The van der Waals surface area contributed by atoms with Gasteiger partial charge in [-0.25, -0.2) is 9.59 Å². The first kappa shape index (κ1) is 29.7. The molecule has 0 aliphatic carbocycles. The lowest BCUT2D eigenvalue weighted by atomic mass is 9.70. The molecule has 0 fully saturated rings. The molecule has 214 valence electrons. The molecule has 0 radical (unpaired) electrons. The van der Waals surface area contributed by atoms with Crippen LogP contribution in [0.2, 0.25) is 0 Å². The van der Waals surface area contributed by atoms with Gasteiger partial charge >= 0.3 is 11.9 Å². The van der Waals surface area contributed by atoms with Crippen molar-refractivity contribution in [3.63, 3.8) is 0 Å². The molecular weight excluding hydrogens is 536 g/mol. The van der Waals surface area contributed by atoms with E-state index in [9.17, 15) is 29.4 Å². The van der Waals surface area contributed by atoms with Crippen LogP contribution in [0.4, 0.5) is 0 Å². The summed E-state index contributed by atoms with van der Waals surface area (Å²) in [5.41, 5.74) is 0.854. The molecule has 0 spiro atoms. The number of ether oxygens (including phenoxy) is 2. The van der Waals surface area contributed by atoms with E-state index < -0.39 is 29.3 Å². The molecule has 0 N–H and O–H groups in total. The van der Waals surface area contributed by atoms with Crippen molar-refractivity contribution < 1.29 is 38.9 Å². The zero-order valence-corrected chi connectivity index (χ0v) is 22.7. The van der Waals surface area contributed by atoms with Crippen LogP contribution in [0.15, 0.2) is 109 Å². The molecule has 0 aliphatic rings. The smallest absolute Gasteiger partial charge is 0.338 e. The first-order valence-electron chi connectivity index (χ1n) is 13.3. The molecule has 4 aromatic rings. The molecule has 8 heteroatoms. The van der Waals surface area contributed by atoms with Crippen LogP contribution in [-0.2, 0) is 37.7 Å². The average Bonchev–Trinajstić information content (AvgIpc) is 3.02. The molecule has 0 aliphatic heterocycles. The lowest BCUT2D eigenvalue weighted by Gasteiger charge is -2.36. The zero-order chi connectivity index (χ0) is 30.0. The summed E-state index contributed by atoms with van der Waals surface area (Å²) in [7, 11) is 0. The van der Waals surface area contributed by atoms with Crippen molar-refractivity contribution in [3.8, 4) is 0 Å². The Kier molecular flexibility index (Phi) is 9.84. The summed E-state index contributed by atoms with van der Waals surface area (Å²) in [5.74, 6) is -3.94. The molecule has 0 saturated heterocycles. The molecule has 4 aromatic carbocycles. The number of hydrogen-bond acceptors (Lipinski definition) is 8. The minimum atomic E-state index is -1.77. The number of rotatable bonds is 13. The van der Waals surface area contributed by atoms with E-state index in [1.165, 1.54) is 48.5 Å². The number of carbonyl (C=O) groups is 4. The Morgan fingerprint density at radius 1 is 0.571 bits per heavy atom. The largest absolute Gasteiger partial charge is 0.550 e. The maximum absolute atomic E-state index is 12.8. The number of carbonyl (C=O) groups excluding carboxylic acids is 4. The number of esters is 2. The Morgan fingerprint density at radius 2 is 0.976 bits per heavy atom. The summed E-state index contributed by atoms with van der Waals surface area (Å²) in [6, 6.07) is 30.1. The summed E-state index contributed by atoms with van der Waals surface area (Å²) in [6.45, 7) is 0.154. The van der Waals surface area contributed by atoms with Crippen molar-refractivity contribution >= 4 is 23.9 Å². The molecular formula is C34H28O8-2. The van der Waals surface area contributed by atoms with Crippen LogP contribution in [0.5, 0.6) is 0 Å². The van der Waals surface area contributed by atoms with Crippen LogP contribution in [0.1, 0.15) is 62.2 Å². The highest BCUT2D eigenvalue weighted by atomic mass is 16.5. The van der Waals surface area contributed by atoms with Gasteiger partial charge in [0.25, 0.3) is 0 Å². The zero-order valence-electron chi connectivity index (χ0n) is 22.7. The number of aliphatic carboxylic acids is 2. The van der Waals surface area contributed by atoms with Crippen LogP contribution in [0.25, 0.3) is 0 Å².